The number of hydrogen-bond acceptors (Lipinski definition) is 8. The summed E-state index contributed by atoms with van der Waals surface area (Å²) >= 11 is 13.9. The monoisotopic (exact) mass is 636 g/mol. The maximum Gasteiger partial charge on any atom is 0.319 e. The predicted octanol–water partition coefficient (Wildman–Crippen LogP) is 5.36. The van der Waals surface area contributed by atoms with E-state index in [9.17, 15) is 9.59 Å². The molecule has 0 radical (unpaired) electrons. The molecule has 1 aliphatic heterocycles. The molecule has 4 aromatic rings. The fraction of sp³-hybridized carbons (Fsp3) is 0.312. The summed E-state index contributed by atoms with van der Waals surface area (Å²) in [7, 11) is 5.45. The predicted molar refractivity (Wildman–Crippen MR) is 171 cm³/mol. The molecule has 1 amide bonds. The van der Waals surface area contributed by atoms with Crippen LogP contribution < -0.4 is 15.4 Å². The summed E-state index contributed by atoms with van der Waals surface area (Å²) < 4.78 is 12.3. The number of rotatable bonds is 10. The lowest BCUT2D eigenvalue weighted by molar-refractivity contribution is -0.142. The number of fused-ring (bicyclic) bond motifs is 1. The third-order valence-corrected chi connectivity index (χ3v) is 8.30. The summed E-state index contributed by atoms with van der Waals surface area (Å²) in [4.78, 5) is 36.5. The molecular formula is C32H34Cl2N6O4. The summed E-state index contributed by atoms with van der Waals surface area (Å²) in [5, 5.41) is 6.78. The standard InChI is InChI=1S/C32H34Cl2N6O4/c1-5-44-27(41)17-35-16-19-12-13-23(38-32(19)43-4)22-10-6-8-20(28(22)33)21-9-7-11-24(29(21)34)37-31(42)30-36-25-18-39(2)15-14-26(25)40(30)3/h6-13,35H,5,14-18H2,1-4H3,(H,37,42). The third-order valence-electron chi connectivity index (χ3n) is 7.48. The van der Waals surface area contributed by atoms with Crippen LogP contribution in [0.5, 0.6) is 5.88 Å². The van der Waals surface area contributed by atoms with E-state index < -0.39 is 0 Å². The van der Waals surface area contributed by atoms with Gasteiger partial charge in [-0.15, -0.1) is 0 Å². The fourth-order valence-electron chi connectivity index (χ4n) is 5.26. The van der Waals surface area contributed by atoms with Gasteiger partial charge in [-0.25, -0.2) is 9.97 Å². The molecule has 3 heterocycles. The van der Waals surface area contributed by atoms with Gasteiger partial charge in [-0.1, -0.05) is 59.6 Å². The first kappa shape index (κ1) is 31.5. The molecule has 10 nitrogen and oxygen atoms in total. The number of amides is 1. The molecule has 0 bridgehead atoms. The van der Waals surface area contributed by atoms with Crippen LogP contribution in [-0.2, 0) is 36.1 Å². The van der Waals surface area contributed by atoms with Crippen molar-refractivity contribution >= 4 is 40.8 Å². The van der Waals surface area contributed by atoms with E-state index in [1.54, 1.807) is 13.0 Å². The summed E-state index contributed by atoms with van der Waals surface area (Å²) in [6.45, 7) is 4.16. The molecule has 0 spiro atoms. The first-order valence-electron chi connectivity index (χ1n) is 14.2. The Labute approximate surface area is 266 Å². The average molecular weight is 638 g/mol. The van der Waals surface area contributed by atoms with Crippen molar-refractivity contribution in [3.63, 3.8) is 0 Å². The third kappa shape index (κ3) is 6.58. The van der Waals surface area contributed by atoms with E-state index in [0.717, 1.165) is 29.9 Å². The number of nitrogens with one attached hydrogen (secondary N) is 2. The van der Waals surface area contributed by atoms with Crippen LogP contribution in [0.25, 0.3) is 22.4 Å². The first-order chi connectivity index (χ1) is 21.2. The number of ether oxygens (including phenoxy) is 2. The quantitative estimate of drug-likeness (QED) is 0.224. The lowest BCUT2D eigenvalue weighted by Crippen LogP contribution is -2.27. The SMILES string of the molecule is CCOC(=O)CNCc1ccc(-c2cccc(-c3cccc(NC(=O)c4nc5c(n4C)CCN(C)C5)c3Cl)c2Cl)nc1OC. The minimum absolute atomic E-state index is 0.0776. The molecule has 0 saturated carbocycles. The molecule has 12 heteroatoms. The molecule has 1 aliphatic rings. The van der Waals surface area contributed by atoms with Crippen LogP contribution in [-0.4, -0.2) is 65.2 Å². The van der Waals surface area contributed by atoms with Crippen molar-refractivity contribution < 1.29 is 19.1 Å². The van der Waals surface area contributed by atoms with Gasteiger partial charge >= 0.3 is 5.97 Å². The van der Waals surface area contributed by atoms with Gasteiger partial charge in [0.15, 0.2) is 5.82 Å². The molecule has 2 aromatic carbocycles. The van der Waals surface area contributed by atoms with Gasteiger partial charge in [0.1, 0.15) is 0 Å². The van der Waals surface area contributed by atoms with Gasteiger partial charge in [-0.05, 0) is 26.1 Å². The zero-order valence-corrected chi connectivity index (χ0v) is 26.6. The zero-order chi connectivity index (χ0) is 31.4. The van der Waals surface area contributed by atoms with Crippen molar-refractivity contribution in [1.29, 1.82) is 0 Å². The maximum atomic E-state index is 13.3. The number of imidazole rings is 1. The Morgan fingerprint density at radius 3 is 2.45 bits per heavy atom. The van der Waals surface area contributed by atoms with Gasteiger partial charge < -0.3 is 29.6 Å². The van der Waals surface area contributed by atoms with Gasteiger partial charge in [0, 0.05) is 61.1 Å². The molecule has 2 N–H and O–H groups in total. The molecule has 0 unspecified atom stereocenters. The number of halogens is 2. The Morgan fingerprint density at radius 1 is 0.977 bits per heavy atom. The fourth-order valence-corrected chi connectivity index (χ4v) is 5.86. The number of anilines is 1. The number of carbonyl (C=O) groups excluding carboxylic acids is 2. The number of esters is 1. The van der Waals surface area contributed by atoms with Crippen molar-refractivity contribution in [3.8, 4) is 28.3 Å². The average Bonchev–Trinajstić information content (AvgIpc) is 3.34. The second kappa shape index (κ2) is 13.8. The van der Waals surface area contributed by atoms with E-state index in [-0.39, 0.29) is 18.4 Å². The molecule has 0 saturated heterocycles. The van der Waals surface area contributed by atoms with Crippen LogP contribution in [0.2, 0.25) is 10.0 Å². The van der Waals surface area contributed by atoms with Crippen LogP contribution in [0.15, 0.2) is 48.5 Å². The number of methoxy groups -OCH3 is 1. The van der Waals surface area contributed by atoms with Gasteiger partial charge in [0.2, 0.25) is 5.88 Å². The van der Waals surface area contributed by atoms with Gasteiger partial charge in [-0.3, -0.25) is 9.59 Å². The molecule has 0 fully saturated rings. The molecule has 2 aromatic heterocycles. The number of pyridine rings is 1. The summed E-state index contributed by atoms with van der Waals surface area (Å²) in [5.41, 5.74) is 5.85. The second-order valence-electron chi connectivity index (χ2n) is 10.4. The molecular weight excluding hydrogens is 603 g/mol. The highest BCUT2D eigenvalue weighted by Gasteiger charge is 2.25. The molecule has 0 atom stereocenters. The van der Waals surface area contributed by atoms with E-state index in [1.165, 1.54) is 7.11 Å². The minimum atomic E-state index is -0.336. The van der Waals surface area contributed by atoms with Crippen molar-refractivity contribution in [1.82, 2.24) is 24.8 Å². The smallest absolute Gasteiger partial charge is 0.319 e. The normalized spacial score (nSPS) is 13.0. The number of benzene rings is 2. The van der Waals surface area contributed by atoms with Crippen molar-refractivity contribution in [2.75, 3.05) is 39.2 Å². The van der Waals surface area contributed by atoms with Crippen molar-refractivity contribution in [3.05, 3.63) is 81.4 Å². The van der Waals surface area contributed by atoms with Crippen molar-refractivity contribution in [2.45, 2.75) is 26.4 Å². The van der Waals surface area contributed by atoms with Gasteiger partial charge in [0.05, 0.1) is 47.4 Å². The van der Waals surface area contributed by atoms with Crippen LogP contribution in [0.3, 0.4) is 0 Å². The van der Waals surface area contributed by atoms with Gasteiger partial charge in [-0.2, -0.15) is 0 Å². The second-order valence-corrected chi connectivity index (χ2v) is 11.2. The van der Waals surface area contributed by atoms with Crippen LogP contribution >= 0.6 is 23.2 Å². The van der Waals surface area contributed by atoms with E-state index in [1.807, 2.05) is 61.1 Å². The van der Waals surface area contributed by atoms with E-state index >= 15 is 0 Å². The summed E-state index contributed by atoms with van der Waals surface area (Å²) in [6, 6.07) is 14.7. The van der Waals surface area contributed by atoms with E-state index in [0.29, 0.717) is 69.5 Å². The summed E-state index contributed by atoms with van der Waals surface area (Å²) in [5.74, 6) is 0.0824. The molecule has 44 heavy (non-hydrogen) atoms. The molecule has 0 aliphatic carbocycles. The zero-order valence-electron chi connectivity index (χ0n) is 25.0. The molecule has 5 rings (SSSR count). The lowest BCUT2D eigenvalue weighted by atomic mass is 10.00. The highest BCUT2D eigenvalue weighted by atomic mass is 35.5. The topological polar surface area (TPSA) is 111 Å². The Bertz CT molecular complexity index is 1710. The Balaban J connectivity index is 1.39. The number of nitrogens with zero attached hydrogens (tertiary/aromatic N) is 4. The first-order valence-corrected chi connectivity index (χ1v) is 15.0. The van der Waals surface area contributed by atoms with Crippen LogP contribution in [0, 0.1) is 0 Å². The van der Waals surface area contributed by atoms with Crippen molar-refractivity contribution in [2.24, 2.45) is 7.05 Å². The minimum Gasteiger partial charge on any atom is -0.481 e. The Hall–Kier alpha value is -3.96. The number of carbonyl (C=O) groups is 2. The van der Waals surface area contributed by atoms with E-state index in [4.69, 9.17) is 32.7 Å². The number of likely N-dealkylation sites (N-methyl/N-ethyl adjacent to an activating group) is 1. The van der Waals surface area contributed by atoms with Crippen LogP contribution in [0.4, 0.5) is 5.69 Å². The maximum absolute atomic E-state index is 13.3. The Morgan fingerprint density at radius 2 is 1.70 bits per heavy atom. The van der Waals surface area contributed by atoms with E-state index in [2.05, 4.69) is 25.5 Å². The van der Waals surface area contributed by atoms with Crippen LogP contribution in [0.1, 0.15) is 34.5 Å². The number of hydrogen-bond donors (Lipinski definition) is 2. The molecule has 230 valence electrons. The lowest BCUT2D eigenvalue weighted by Gasteiger charge is -2.21. The summed E-state index contributed by atoms with van der Waals surface area (Å²) in [6.07, 6.45) is 0.837. The highest BCUT2D eigenvalue weighted by molar-refractivity contribution is 6.39. The largest absolute Gasteiger partial charge is 0.481 e. The number of aromatic nitrogens is 3. The Kier molecular flexibility index (Phi) is 9.85. The highest BCUT2D eigenvalue weighted by Crippen LogP contribution is 2.41. The van der Waals surface area contributed by atoms with Gasteiger partial charge in [0.25, 0.3) is 5.91 Å².